The van der Waals surface area contributed by atoms with Gasteiger partial charge in [0.1, 0.15) is 6.04 Å². The van der Waals surface area contributed by atoms with Gasteiger partial charge in [0.05, 0.1) is 16.7 Å². The maximum absolute atomic E-state index is 11.2. The number of carboxylic acids is 1. The molecule has 2 N–H and O–H groups in total. The van der Waals surface area contributed by atoms with E-state index in [2.05, 4.69) is 10.3 Å². The number of piperazine rings is 1. The highest BCUT2D eigenvalue weighted by Gasteiger charge is 2.32. The Morgan fingerprint density at radius 1 is 1.76 bits per heavy atom. The quantitative estimate of drug-likeness (QED) is 0.839. The van der Waals surface area contributed by atoms with Crippen LogP contribution in [0.5, 0.6) is 0 Å². The van der Waals surface area contributed by atoms with Gasteiger partial charge in [-0.05, 0) is 13.8 Å². The molecule has 6 heteroatoms. The van der Waals surface area contributed by atoms with Crippen molar-refractivity contribution in [1.29, 1.82) is 0 Å². The lowest BCUT2D eigenvalue weighted by atomic mass is 10.1. The van der Waals surface area contributed by atoms with E-state index >= 15 is 0 Å². The van der Waals surface area contributed by atoms with Crippen LogP contribution in [0.4, 0.5) is 0 Å². The molecule has 1 saturated heterocycles. The van der Waals surface area contributed by atoms with Crippen LogP contribution in [-0.4, -0.2) is 46.6 Å². The lowest BCUT2D eigenvalue weighted by Gasteiger charge is -2.37. The first-order chi connectivity index (χ1) is 8.09. The SMILES string of the molecule is Cc1nc(C(C)N2CCNCC2C(=O)O)cs1. The Labute approximate surface area is 104 Å². The zero-order valence-electron chi connectivity index (χ0n) is 10.0. The van der Waals surface area contributed by atoms with Crippen molar-refractivity contribution in [1.82, 2.24) is 15.2 Å². The van der Waals surface area contributed by atoms with Gasteiger partial charge < -0.3 is 10.4 Å². The lowest BCUT2D eigenvalue weighted by molar-refractivity contribution is -0.145. The molecular weight excluding hydrogens is 238 g/mol. The minimum Gasteiger partial charge on any atom is -0.480 e. The van der Waals surface area contributed by atoms with E-state index in [9.17, 15) is 9.90 Å². The van der Waals surface area contributed by atoms with Gasteiger partial charge in [-0.25, -0.2) is 4.98 Å². The lowest BCUT2D eigenvalue weighted by Crippen LogP contribution is -2.55. The maximum atomic E-state index is 11.2. The molecule has 2 heterocycles. The Hall–Kier alpha value is -0.980. The van der Waals surface area contributed by atoms with Gasteiger partial charge in [-0.15, -0.1) is 11.3 Å². The molecule has 1 fully saturated rings. The first kappa shape index (κ1) is 12.5. The molecule has 0 aromatic carbocycles. The summed E-state index contributed by atoms with van der Waals surface area (Å²) in [6.07, 6.45) is 0. The van der Waals surface area contributed by atoms with Crippen molar-refractivity contribution in [2.24, 2.45) is 0 Å². The first-order valence-corrected chi connectivity index (χ1v) is 6.59. The summed E-state index contributed by atoms with van der Waals surface area (Å²) in [7, 11) is 0. The van der Waals surface area contributed by atoms with E-state index in [1.54, 1.807) is 11.3 Å². The molecule has 1 aliphatic heterocycles. The van der Waals surface area contributed by atoms with Crippen molar-refractivity contribution in [3.63, 3.8) is 0 Å². The van der Waals surface area contributed by atoms with Gasteiger partial charge in [0.15, 0.2) is 0 Å². The van der Waals surface area contributed by atoms with Gasteiger partial charge in [-0.2, -0.15) is 0 Å². The molecule has 0 radical (unpaired) electrons. The Bertz CT molecular complexity index is 407. The molecule has 2 unspecified atom stereocenters. The first-order valence-electron chi connectivity index (χ1n) is 5.71. The number of aromatic nitrogens is 1. The predicted octanol–water partition coefficient (Wildman–Crippen LogP) is 0.871. The zero-order valence-corrected chi connectivity index (χ0v) is 10.8. The molecule has 0 amide bonds. The number of hydrogen-bond donors (Lipinski definition) is 2. The minimum absolute atomic E-state index is 0.0585. The van der Waals surface area contributed by atoms with Crippen LogP contribution in [0, 0.1) is 6.92 Å². The molecular formula is C11H17N3O2S. The van der Waals surface area contributed by atoms with E-state index < -0.39 is 12.0 Å². The molecule has 1 aromatic rings. The largest absolute Gasteiger partial charge is 0.480 e. The van der Waals surface area contributed by atoms with Gasteiger partial charge in [0.25, 0.3) is 0 Å². The highest BCUT2D eigenvalue weighted by Crippen LogP contribution is 2.24. The van der Waals surface area contributed by atoms with Crippen molar-refractivity contribution < 1.29 is 9.90 Å². The van der Waals surface area contributed by atoms with Crippen LogP contribution in [-0.2, 0) is 4.79 Å². The summed E-state index contributed by atoms with van der Waals surface area (Å²) < 4.78 is 0. The number of nitrogens with zero attached hydrogens (tertiary/aromatic N) is 2. The van der Waals surface area contributed by atoms with E-state index in [-0.39, 0.29) is 6.04 Å². The van der Waals surface area contributed by atoms with E-state index in [1.807, 2.05) is 24.1 Å². The van der Waals surface area contributed by atoms with E-state index in [1.165, 1.54) is 0 Å². The fraction of sp³-hybridized carbons (Fsp3) is 0.636. The molecule has 0 aliphatic carbocycles. The number of carboxylic acid groups (broad SMARTS) is 1. The van der Waals surface area contributed by atoms with Crippen molar-refractivity contribution in [2.45, 2.75) is 25.9 Å². The molecule has 5 nitrogen and oxygen atoms in total. The average molecular weight is 255 g/mol. The monoisotopic (exact) mass is 255 g/mol. The fourth-order valence-electron chi connectivity index (χ4n) is 2.15. The second-order valence-electron chi connectivity index (χ2n) is 4.26. The van der Waals surface area contributed by atoms with E-state index in [0.29, 0.717) is 6.54 Å². The smallest absolute Gasteiger partial charge is 0.322 e. The summed E-state index contributed by atoms with van der Waals surface area (Å²) in [4.78, 5) is 17.7. The molecule has 0 bridgehead atoms. The second kappa shape index (κ2) is 5.12. The molecule has 1 aromatic heterocycles. The molecule has 17 heavy (non-hydrogen) atoms. The van der Waals surface area contributed by atoms with Crippen molar-refractivity contribution >= 4 is 17.3 Å². The average Bonchev–Trinajstić information content (AvgIpc) is 2.75. The molecule has 94 valence electrons. The van der Waals surface area contributed by atoms with Crippen LogP contribution in [0.1, 0.15) is 23.7 Å². The van der Waals surface area contributed by atoms with Crippen LogP contribution >= 0.6 is 11.3 Å². The van der Waals surface area contributed by atoms with E-state index in [4.69, 9.17) is 0 Å². The maximum Gasteiger partial charge on any atom is 0.322 e. The van der Waals surface area contributed by atoms with Crippen LogP contribution in [0.2, 0.25) is 0 Å². The predicted molar refractivity (Wildman–Crippen MR) is 66.3 cm³/mol. The summed E-state index contributed by atoms with van der Waals surface area (Å²) in [6.45, 7) is 6.07. The van der Waals surface area contributed by atoms with Gasteiger partial charge in [0, 0.05) is 25.0 Å². The Balaban J connectivity index is 2.16. The number of thiazole rings is 1. The van der Waals surface area contributed by atoms with Crippen molar-refractivity contribution in [3.05, 3.63) is 16.1 Å². The summed E-state index contributed by atoms with van der Waals surface area (Å²) in [5.74, 6) is -0.768. The summed E-state index contributed by atoms with van der Waals surface area (Å²) in [5.41, 5.74) is 0.973. The van der Waals surface area contributed by atoms with Crippen molar-refractivity contribution in [3.8, 4) is 0 Å². The highest BCUT2D eigenvalue weighted by atomic mass is 32.1. The summed E-state index contributed by atoms with van der Waals surface area (Å²) >= 11 is 1.61. The Morgan fingerprint density at radius 2 is 2.53 bits per heavy atom. The molecule has 2 rings (SSSR count). The number of rotatable bonds is 3. The third kappa shape index (κ3) is 2.65. The van der Waals surface area contributed by atoms with Gasteiger partial charge in [0.2, 0.25) is 0 Å². The standard InChI is InChI=1S/C11H17N3O2S/c1-7(9-6-17-8(2)13-9)14-4-3-12-5-10(14)11(15)16/h6-7,10,12H,3-5H2,1-2H3,(H,15,16). The highest BCUT2D eigenvalue weighted by molar-refractivity contribution is 7.09. The zero-order chi connectivity index (χ0) is 12.4. The van der Waals surface area contributed by atoms with Gasteiger partial charge in [-0.3, -0.25) is 9.69 Å². The minimum atomic E-state index is -0.768. The molecule has 0 saturated carbocycles. The van der Waals surface area contributed by atoms with Crippen LogP contribution in [0.15, 0.2) is 5.38 Å². The Morgan fingerprint density at radius 3 is 3.12 bits per heavy atom. The number of carbonyl (C=O) groups is 1. The number of aryl methyl sites for hydroxylation is 1. The second-order valence-corrected chi connectivity index (χ2v) is 5.33. The van der Waals surface area contributed by atoms with Crippen LogP contribution < -0.4 is 5.32 Å². The molecule has 2 atom stereocenters. The normalized spacial score (nSPS) is 23.5. The summed E-state index contributed by atoms with van der Waals surface area (Å²) in [5, 5.41) is 15.4. The van der Waals surface area contributed by atoms with Crippen LogP contribution in [0.25, 0.3) is 0 Å². The van der Waals surface area contributed by atoms with Crippen LogP contribution in [0.3, 0.4) is 0 Å². The molecule has 0 spiro atoms. The van der Waals surface area contributed by atoms with E-state index in [0.717, 1.165) is 23.8 Å². The third-order valence-corrected chi connectivity index (χ3v) is 3.92. The van der Waals surface area contributed by atoms with Gasteiger partial charge >= 0.3 is 5.97 Å². The Kier molecular flexibility index (Phi) is 3.76. The van der Waals surface area contributed by atoms with Crippen molar-refractivity contribution in [2.75, 3.05) is 19.6 Å². The number of aliphatic carboxylic acids is 1. The molecule has 1 aliphatic rings. The third-order valence-electron chi connectivity index (χ3n) is 3.13. The van der Waals surface area contributed by atoms with Gasteiger partial charge in [-0.1, -0.05) is 0 Å². The summed E-state index contributed by atoms with van der Waals surface area (Å²) in [6, 6.07) is -0.399. The fourth-order valence-corrected chi connectivity index (χ4v) is 2.85. The number of nitrogens with one attached hydrogen (secondary N) is 1. The number of hydrogen-bond acceptors (Lipinski definition) is 5. The topological polar surface area (TPSA) is 65.5 Å².